The summed E-state index contributed by atoms with van der Waals surface area (Å²) in [5.41, 5.74) is 2.19. The minimum Gasteiger partial charge on any atom is -0.300 e. The number of rotatable bonds is 3. The van der Waals surface area contributed by atoms with Gasteiger partial charge in [-0.15, -0.1) is 0 Å². The van der Waals surface area contributed by atoms with E-state index in [9.17, 15) is 9.18 Å². The molecule has 0 saturated heterocycles. The van der Waals surface area contributed by atoms with E-state index in [0.717, 1.165) is 11.4 Å². The maximum absolute atomic E-state index is 13.4. The van der Waals surface area contributed by atoms with Crippen LogP contribution in [0.25, 0.3) is 5.69 Å². The van der Waals surface area contributed by atoms with Crippen LogP contribution in [0.15, 0.2) is 30.3 Å². The van der Waals surface area contributed by atoms with Crippen molar-refractivity contribution in [3.63, 3.8) is 0 Å². The minimum absolute atomic E-state index is 0.0583. The van der Waals surface area contributed by atoms with Gasteiger partial charge >= 0.3 is 0 Å². The summed E-state index contributed by atoms with van der Waals surface area (Å²) in [6.45, 7) is 7.72. The summed E-state index contributed by atoms with van der Waals surface area (Å²) in [5, 5.41) is 4.54. The summed E-state index contributed by atoms with van der Waals surface area (Å²) in [5.74, 6) is -0.257. The van der Waals surface area contributed by atoms with Crippen LogP contribution in [0, 0.1) is 5.82 Å². The second-order valence-corrected chi connectivity index (χ2v) is 6.04. The molecule has 0 bridgehead atoms. The number of ketones is 1. The molecule has 1 heterocycles. The van der Waals surface area contributed by atoms with Gasteiger partial charge < -0.3 is 0 Å². The Morgan fingerprint density at radius 3 is 2.55 bits per heavy atom. The molecule has 0 aliphatic rings. The van der Waals surface area contributed by atoms with Gasteiger partial charge in [0.25, 0.3) is 0 Å². The first-order valence-electron chi connectivity index (χ1n) is 6.62. The lowest BCUT2D eigenvalue weighted by molar-refractivity contribution is -0.116. The van der Waals surface area contributed by atoms with E-state index in [-0.39, 0.29) is 17.0 Å². The first-order valence-corrected chi connectivity index (χ1v) is 6.62. The van der Waals surface area contributed by atoms with Crippen LogP contribution in [-0.4, -0.2) is 15.6 Å². The molecule has 0 saturated carbocycles. The fourth-order valence-electron chi connectivity index (χ4n) is 2.00. The molecule has 1 aromatic heterocycles. The number of carbonyl (C=O) groups is 1. The zero-order valence-corrected chi connectivity index (χ0v) is 12.3. The molecule has 2 aromatic rings. The molecule has 0 atom stereocenters. The molecule has 0 unspecified atom stereocenters. The van der Waals surface area contributed by atoms with Crippen LogP contribution >= 0.6 is 0 Å². The van der Waals surface area contributed by atoms with Gasteiger partial charge in [-0.3, -0.25) is 4.79 Å². The summed E-state index contributed by atoms with van der Waals surface area (Å²) >= 11 is 0. The molecule has 0 aliphatic heterocycles. The zero-order valence-electron chi connectivity index (χ0n) is 12.3. The summed E-state index contributed by atoms with van der Waals surface area (Å²) in [6, 6.07) is 8.16. The molecule has 2 rings (SSSR count). The molecule has 20 heavy (non-hydrogen) atoms. The number of nitrogens with zero attached hydrogens (tertiary/aromatic N) is 2. The number of hydrogen-bond donors (Lipinski definition) is 0. The Morgan fingerprint density at radius 1 is 1.30 bits per heavy atom. The Kier molecular flexibility index (Phi) is 3.75. The molecule has 0 amide bonds. The predicted octanol–water partition coefficient (Wildman–Crippen LogP) is 3.44. The van der Waals surface area contributed by atoms with Gasteiger partial charge in [0, 0.05) is 11.8 Å². The Morgan fingerprint density at radius 2 is 2.00 bits per heavy atom. The summed E-state index contributed by atoms with van der Waals surface area (Å²) < 4.78 is 15.0. The van der Waals surface area contributed by atoms with E-state index in [0.29, 0.717) is 12.1 Å². The third kappa shape index (κ3) is 3.13. The number of hydrogen-bond acceptors (Lipinski definition) is 2. The van der Waals surface area contributed by atoms with Gasteiger partial charge in [-0.25, -0.2) is 9.07 Å². The number of benzene rings is 1. The first kappa shape index (κ1) is 14.4. The lowest BCUT2D eigenvalue weighted by Gasteiger charge is -2.14. The highest BCUT2D eigenvalue weighted by Crippen LogP contribution is 2.24. The topological polar surface area (TPSA) is 34.9 Å². The van der Waals surface area contributed by atoms with Crippen LogP contribution < -0.4 is 0 Å². The molecular formula is C16H19FN2O. The molecule has 0 fully saturated rings. The number of halogens is 1. The van der Waals surface area contributed by atoms with Crippen molar-refractivity contribution in [2.24, 2.45) is 0 Å². The van der Waals surface area contributed by atoms with Crippen molar-refractivity contribution in [3.8, 4) is 5.69 Å². The van der Waals surface area contributed by atoms with E-state index in [1.54, 1.807) is 23.7 Å². The van der Waals surface area contributed by atoms with Crippen LogP contribution in [0.3, 0.4) is 0 Å². The monoisotopic (exact) mass is 274 g/mol. The van der Waals surface area contributed by atoms with E-state index < -0.39 is 0 Å². The Bertz CT molecular complexity index is 638. The molecule has 0 N–H and O–H groups in total. The molecule has 0 aliphatic carbocycles. The normalized spacial score (nSPS) is 11.7. The van der Waals surface area contributed by atoms with Crippen molar-refractivity contribution in [2.45, 2.75) is 39.5 Å². The van der Waals surface area contributed by atoms with E-state index in [1.807, 2.05) is 6.07 Å². The van der Waals surface area contributed by atoms with Crippen molar-refractivity contribution in [2.75, 3.05) is 0 Å². The highest BCUT2D eigenvalue weighted by Gasteiger charge is 2.21. The third-order valence-corrected chi connectivity index (χ3v) is 3.03. The van der Waals surface area contributed by atoms with Gasteiger partial charge in [-0.05, 0) is 31.2 Å². The molecule has 0 radical (unpaired) electrons. The van der Waals surface area contributed by atoms with Gasteiger partial charge in [-0.2, -0.15) is 5.10 Å². The Balaban J connectivity index is 2.55. The lowest BCUT2D eigenvalue weighted by Crippen LogP contribution is -2.12. The molecule has 4 heteroatoms. The molecule has 106 valence electrons. The maximum atomic E-state index is 13.4. The predicted molar refractivity (Wildman–Crippen MR) is 76.6 cm³/mol. The van der Waals surface area contributed by atoms with Crippen LogP contribution in [-0.2, 0) is 16.6 Å². The van der Waals surface area contributed by atoms with Crippen molar-refractivity contribution in [1.82, 2.24) is 9.78 Å². The second-order valence-electron chi connectivity index (χ2n) is 6.04. The SMILES string of the molecule is CC(=O)Cc1cc(C(C)(C)C)nn1-c1cccc(F)c1. The van der Waals surface area contributed by atoms with Crippen molar-refractivity contribution in [1.29, 1.82) is 0 Å². The van der Waals surface area contributed by atoms with Crippen LogP contribution in [0.5, 0.6) is 0 Å². The van der Waals surface area contributed by atoms with E-state index in [1.165, 1.54) is 12.1 Å². The summed E-state index contributed by atoms with van der Waals surface area (Å²) in [6.07, 6.45) is 0.291. The largest absolute Gasteiger partial charge is 0.300 e. The molecular weight excluding hydrogens is 255 g/mol. The Labute approximate surface area is 118 Å². The summed E-state index contributed by atoms with van der Waals surface area (Å²) in [4.78, 5) is 11.4. The fraction of sp³-hybridized carbons (Fsp3) is 0.375. The average molecular weight is 274 g/mol. The number of Topliss-reactive ketones (excluding diaryl/α,β-unsaturated/α-hetero) is 1. The van der Waals surface area contributed by atoms with Gasteiger partial charge in [0.1, 0.15) is 11.6 Å². The smallest absolute Gasteiger partial charge is 0.135 e. The third-order valence-electron chi connectivity index (χ3n) is 3.03. The Hall–Kier alpha value is -1.97. The fourth-order valence-corrected chi connectivity index (χ4v) is 2.00. The van der Waals surface area contributed by atoms with E-state index in [4.69, 9.17) is 0 Å². The average Bonchev–Trinajstić information content (AvgIpc) is 2.71. The van der Waals surface area contributed by atoms with Gasteiger partial charge in [0.15, 0.2) is 0 Å². The maximum Gasteiger partial charge on any atom is 0.135 e. The van der Waals surface area contributed by atoms with Crippen LogP contribution in [0.2, 0.25) is 0 Å². The zero-order chi connectivity index (χ0) is 14.9. The number of carbonyl (C=O) groups excluding carboxylic acids is 1. The van der Waals surface area contributed by atoms with Crippen LogP contribution in [0.4, 0.5) is 4.39 Å². The standard InChI is InChI=1S/C16H19FN2O/c1-11(20)8-14-10-15(16(2,3)4)18-19(14)13-7-5-6-12(17)9-13/h5-7,9-10H,8H2,1-4H3. The van der Waals surface area contributed by atoms with E-state index >= 15 is 0 Å². The van der Waals surface area contributed by atoms with E-state index in [2.05, 4.69) is 25.9 Å². The first-order chi connectivity index (χ1) is 9.27. The van der Waals surface area contributed by atoms with Gasteiger partial charge in [0.05, 0.1) is 17.1 Å². The van der Waals surface area contributed by atoms with Gasteiger partial charge in [-0.1, -0.05) is 26.8 Å². The molecule has 3 nitrogen and oxygen atoms in total. The molecule has 0 spiro atoms. The lowest BCUT2D eigenvalue weighted by atomic mass is 9.92. The minimum atomic E-state index is -0.316. The molecule has 1 aromatic carbocycles. The summed E-state index contributed by atoms with van der Waals surface area (Å²) in [7, 11) is 0. The van der Waals surface area contributed by atoms with Gasteiger partial charge in [0.2, 0.25) is 0 Å². The van der Waals surface area contributed by atoms with Crippen LogP contribution in [0.1, 0.15) is 39.1 Å². The van der Waals surface area contributed by atoms with Crippen molar-refractivity contribution >= 4 is 5.78 Å². The van der Waals surface area contributed by atoms with Crippen molar-refractivity contribution in [3.05, 3.63) is 47.5 Å². The van der Waals surface area contributed by atoms with Crippen molar-refractivity contribution < 1.29 is 9.18 Å². The second kappa shape index (κ2) is 5.19. The highest BCUT2D eigenvalue weighted by atomic mass is 19.1. The number of aromatic nitrogens is 2. The quantitative estimate of drug-likeness (QED) is 0.859. The highest BCUT2D eigenvalue weighted by molar-refractivity contribution is 5.78.